The summed E-state index contributed by atoms with van der Waals surface area (Å²) in [7, 11) is 0. The van der Waals surface area contributed by atoms with Crippen molar-refractivity contribution in [1.29, 1.82) is 0 Å². The molecule has 0 aliphatic carbocycles. The van der Waals surface area contributed by atoms with Crippen LogP contribution in [-0.4, -0.2) is 23.9 Å². The summed E-state index contributed by atoms with van der Waals surface area (Å²) in [5, 5.41) is 2.88. The molecule has 0 saturated carbocycles. The monoisotopic (exact) mass is 606 g/mol. The van der Waals surface area contributed by atoms with Gasteiger partial charge in [0.05, 0.1) is 0 Å². The number of allylic oxidation sites excluding steroid dienone is 2. The number of hydrogen-bond donors (Lipinski definition) is 1. The minimum absolute atomic E-state index is 0.0323. The molecule has 0 spiro atoms. The van der Waals surface area contributed by atoms with E-state index < -0.39 is 6.23 Å². The van der Waals surface area contributed by atoms with Crippen LogP contribution in [0.2, 0.25) is 0 Å². The van der Waals surface area contributed by atoms with Gasteiger partial charge in [-0.05, 0) is 45.4 Å². The maximum absolute atomic E-state index is 12.8. The number of Topliss-reactive ketones (excluding diaryl/α,β-unsaturated/α-hetero) is 1. The number of carbonyl (C=O) groups excluding carboxylic acids is 3. The summed E-state index contributed by atoms with van der Waals surface area (Å²) < 4.78 is 5.64. The van der Waals surface area contributed by atoms with E-state index in [1.54, 1.807) is 6.92 Å². The van der Waals surface area contributed by atoms with Crippen molar-refractivity contribution in [3.63, 3.8) is 0 Å². The van der Waals surface area contributed by atoms with Crippen LogP contribution in [0.25, 0.3) is 0 Å². The lowest BCUT2D eigenvalue weighted by molar-refractivity contribution is -0.155. The number of esters is 1. The number of unbranched alkanes of at least 4 members (excludes halogenated alkanes) is 19. The van der Waals surface area contributed by atoms with E-state index in [-0.39, 0.29) is 35.9 Å². The Bertz CT molecular complexity index is 702. The Morgan fingerprint density at radius 1 is 0.628 bits per heavy atom. The van der Waals surface area contributed by atoms with Gasteiger partial charge in [-0.2, -0.15) is 0 Å². The first-order chi connectivity index (χ1) is 20.8. The lowest BCUT2D eigenvalue weighted by atomic mass is 9.93. The SMILES string of the molecule is CCCCCCCC/C=C\CCCCCCCC(=O)OC(NC(=O)CC(CCCCCCCCCCC)C(C)=O)C(C)C. The molecular weight excluding hydrogens is 534 g/mol. The molecule has 0 aliphatic heterocycles. The fourth-order valence-electron chi connectivity index (χ4n) is 5.46. The van der Waals surface area contributed by atoms with Crippen molar-refractivity contribution in [1.82, 2.24) is 5.32 Å². The van der Waals surface area contributed by atoms with Gasteiger partial charge in [0, 0.05) is 24.7 Å². The third-order valence-corrected chi connectivity index (χ3v) is 8.47. The van der Waals surface area contributed by atoms with Gasteiger partial charge in [0.1, 0.15) is 5.78 Å². The predicted octanol–water partition coefficient (Wildman–Crippen LogP) is 11.2. The van der Waals surface area contributed by atoms with Gasteiger partial charge in [-0.3, -0.25) is 14.4 Å². The lowest BCUT2D eigenvalue weighted by Gasteiger charge is -2.23. The number of hydrogen-bond acceptors (Lipinski definition) is 4. The molecule has 0 bridgehead atoms. The maximum Gasteiger partial charge on any atom is 0.307 e. The Balaban J connectivity index is 4.06. The Hall–Kier alpha value is -1.65. The van der Waals surface area contributed by atoms with Gasteiger partial charge in [-0.15, -0.1) is 0 Å². The van der Waals surface area contributed by atoms with Crippen LogP contribution >= 0.6 is 0 Å². The van der Waals surface area contributed by atoms with E-state index in [0.29, 0.717) is 6.42 Å². The molecule has 0 aromatic rings. The summed E-state index contributed by atoms with van der Waals surface area (Å²) in [6, 6.07) is 0. The van der Waals surface area contributed by atoms with Crippen LogP contribution in [-0.2, 0) is 19.1 Å². The highest BCUT2D eigenvalue weighted by molar-refractivity contribution is 5.85. The van der Waals surface area contributed by atoms with Gasteiger partial charge in [0.15, 0.2) is 6.23 Å². The Kier molecular flexibility index (Phi) is 29.2. The molecule has 0 fully saturated rings. The highest BCUT2D eigenvalue weighted by atomic mass is 16.6. The molecule has 1 N–H and O–H groups in total. The van der Waals surface area contributed by atoms with Crippen molar-refractivity contribution in [3.8, 4) is 0 Å². The molecule has 43 heavy (non-hydrogen) atoms. The van der Waals surface area contributed by atoms with E-state index in [1.165, 1.54) is 103 Å². The van der Waals surface area contributed by atoms with Gasteiger partial charge >= 0.3 is 5.97 Å². The van der Waals surface area contributed by atoms with E-state index in [9.17, 15) is 14.4 Å². The smallest absolute Gasteiger partial charge is 0.307 e. The average molecular weight is 606 g/mol. The van der Waals surface area contributed by atoms with Crippen molar-refractivity contribution in [2.75, 3.05) is 0 Å². The molecule has 0 aliphatic rings. The largest absolute Gasteiger partial charge is 0.441 e. The lowest BCUT2D eigenvalue weighted by Crippen LogP contribution is -2.42. The van der Waals surface area contributed by atoms with E-state index in [2.05, 4.69) is 31.3 Å². The van der Waals surface area contributed by atoms with Crippen molar-refractivity contribution >= 4 is 17.7 Å². The topological polar surface area (TPSA) is 72.5 Å². The number of amides is 1. The summed E-state index contributed by atoms with van der Waals surface area (Å²) in [4.78, 5) is 37.4. The second kappa shape index (κ2) is 30.4. The molecule has 0 rings (SSSR count). The first-order valence-electron chi connectivity index (χ1n) is 18.5. The van der Waals surface area contributed by atoms with Crippen LogP contribution in [0.5, 0.6) is 0 Å². The molecule has 0 heterocycles. The number of carbonyl (C=O) groups is 3. The van der Waals surface area contributed by atoms with Crippen LogP contribution in [0.15, 0.2) is 12.2 Å². The highest BCUT2D eigenvalue weighted by Gasteiger charge is 2.24. The highest BCUT2D eigenvalue weighted by Crippen LogP contribution is 2.18. The summed E-state index contributed by atoms with van der Waals surface area (Å²) in [5.41, 5.74) is 0. The summed E-state index contributed by atoms with van der Waals surface area (Å²) in [6.45, 7) is 9.95. The standard InChI is InChI=1S/C38H71NO4/c1-6-8-10-12-14-16-17-18-19-20-21-23-25-27-29-31-37(42)43-38(33(3)4)39-36(41)32-35(34(5)40)30-28-26-24-22-15-13-11-9-7-2/h18-19,33,35,38H,6-17,20-32H2,1-5H3,(H,39,41)/b19-18-. The quantitative estimate of drug-likeness (QED) is 0.0369. The first kappa shape index (κ1) is 41.4. The van der Waals surface area contributed by atoms with Crippen LogP contribution < -0.4 is 5.32 Å². The predicted molar refractivity (Wildman–Crippen MR) is 183 cm³/mol. The minimum Gasteiger partial charge on any atom is -0.441 e. The Labute approximate surface area is 267 Å². The van der Waals surface area contributed by atoms with Crippen molar-refractivity contribution in [3.05, 3.63) is 12.2 Å². The van der Waals surface area contributed by atoms with Gasteiger partial charge in [0.2, 0.25) is 5.91 Å². The van der Waals surface area contributed by atoms with Crippen molar-refractivity contribution < 1.29 is 19.1 Å². The van der Waals surface area contributed by atoms with Crippen molar-refractivity contribution in [2.24, 2.45) is 11.8 Å². The third-order valence-electron chi connectivity index (χ3n) is 8.47. The molecule has 2 unspecified atom stereocenters. The number of ether oxygens (including phenoxy) is 1. The summed E-state index contributed by atoms with van der Waals surface area (Å²) >= 11 is 0. The molecule has 2 atom stereocenters. The Morgan fingerprint density at radius 2 is 1.07 bits per heavy atom. The molecule has 0 saturated heterocycles. The fraction of sp³-hybridized carbons (Fsp3) is 0.868. The zero-order chi connectivity index (χ0) is 32.0. The number of ketones is 1. The molecule has 0 aromatic heterocycles. The molecule has 252 valence electrons. The fourth-order valence-corrected chi connectivity index (χ4v) is 5.46. The zero-order valence-electron chi connectivity index (χ0n) is 29.2. The van der Waals surface area contributed by atoms with Gasteiger partial charge in [-0.25, -0.2) is 0 Å². The molecule has 0 radical (unpaired) electrons. The van der Waals surface area contributed by atoms with Crippen LogP contribution in [0, 0.1) is 11.8 Å². The summed E-state index contributed by atoms with van der Waals surface area (Å²) in [6.07, 6.45) is 32.3. The third kappa shape index (κ3) is 27.6. The van der Waals surface area contributed by atoms with E-state index in [0.717, 1.165) is 44.9 Å². The minimum atomic E-state index is -0.650. The van der Waals surface area contributed by atoms with Crippen molar-refractivity contribution in [2.45, 2.75) is 201 Å². The average Bonchev–Trinajstić information content (AvgIpc) is 2.97. The second-order valence-corrected chi connectivity index (χ2v) is 13.2. The van der Waals surface area contributed by atoms with E-state index >= 15 is 0 Å². The maximum atomic E-state index is 12.8. The van der Waals surface area contributed by atoms with E-state index in [1.807, 2.05) is 13.8 Å². The molecule has 5 nitrogen and oxygen atoms in total. The van der Waals surface area contributed by atoms with Gasteiger partial charge in [0.25, 0.3) is 0 Å². The molecule has 5 heteroatoms. The normalized spacial score (nSPS) is 13.0. The van der Waals surface area contributed by atoms with Crippen LogP contribution in [0.3, 0.4) is 0 Å². The van der Waals surface area contributed by atoms with Crippen LogP contribution in [0.1, 0.15) is 195 Å². The van der Waals surface area contributed by atoms with E-state index in [4.69, 9.17) is 4.74 Å². The second-order valence-electron chi connectivity index (χ2n) is 13.2. The molecule has 1 amide bonds. The summed E-state index contributed by atoms with van der Waals surface area (Å²) in [5.74, 6) is -0.686. The zero-order valence-corrected chi connectivity index (χ0v) is 29.2. The molecular formula is C38H71NO4. The number of rotatable bonds is 31. The van der Waals surface area contributed by atoms with Crippen LogP contribution in [0.4, 0.5) is 0 Å². The van der Waals surface area contributed by atoms with Gasteiger partial charge in [-0.1, -0.05) is 149 Å². The van der Waals surface area contributed by atoms with Gasteiger partial charge < -0.3 is 10.1 Å². The first-order valence-corrected chi connectivity index (χ1v) is 18.5. The molecule has 0 aromatic carbocycles. The Morgan fingerprint density at radius 3 is 1.53 bits per heavy atom. The number of nitrogens with one attached hydrogen (secondary N) is 1.